The number of rotatable bonds is 8. The Hall–Kier alpha value is -1.99. The van der Waals surface area contributed by atoms with Gasteiger partial charge >= 0.3 is 0 Å². The van der Waals surface area contributed by atoms with E-state index in [0.717, 1.165) is 42.6 Å². The number of hydrogen-bond donors (Lipinski definition) is 1. The maximum atomic E-state index is 10.8. The van der Waals surface area contributed by atoms with Crippen molar-refractivity contribution in [2.75, 3.05) is 25.1 Å². The summed E-state index contributed by atoms with van der Waals surface area (Å²) in [5, 5.41) is 16.7. The third-order valence-corrected chi connectivity index (χ3v) is 3.60. The molecule has 0 atom stereocenters. The molecule has 1 aromatic heterocycles. The summed E-state index contributed by atoms with van der Waals surface area (Å²) in [5.74, 6) is 0. The van der Waals surface area contributed by atoms with Crippen molar-refractivity contribution in [2.24, 2.45) is 0 Å². The van der Waals surface area contributed by atoms with Gasteiger partial charge in [0.25, 0.3) is 5.69 Å². The number of thiazole rings is 1. The molecule has 1 N–H and O–H groups in total. The van der Waals surface area contributed by atoms with E-state index >= 15 is 0 Å². The molecule has 112 valence electrons. The van der Waals surface area contributed by atoms with E-state index in [9.17, 15) is 10.1 Å². The molecule has 0 bridgehead atoms. The molecular weight excluding hydrogens is 290 g/mol. The molecule has 0 amide bonds. The highest BCUT2D eigenvalue weighted by molar-refractivity contribution is 7.14. The second kappa shape index (κ2) is 7.70. The van der Waals surface area contributed by atoms with E-state index in [-0.39, 0.29) is 5.69 Å². The van der Waals surface area contributed by atoms with E-state index < -0.39 is 4.92 Å². The second-order valence-corrected chi connectivity index (χ2v) is 5.18. The van der Waals surface area contributed by atoms with Crippen LogP contribution in [0.4, 0.5) is 10.8 Å². The first-order valence-corrected chi connectivity index (χ1v) is 7.60. The Kier molecular flexibility index (Phi) is 5.65. The summed E-state index contributed by atoms with van der Waals surface area (Å²) >= 11 is 1.49. The van der Waals surface area contributed by atoms with E-state index in [4.69, 9.17) is 4.74 Å². The van der Waals surface area contributed by atoms with Gasteiger partial charge in [0.1, 0.15) is 0 Å². The van der Waals surface area contributed by atoms with E-state index in [1.807, 2.05) is 18.4 Å². The van der Waals surface area contributed by atoms with Gasteiger partial charge in [0.05, 0.1) is 10.6 Å². The van der Waals surface area contributed by atoms with Crippen LogP contribution in [-0.2, 0) is 4.74 Å². The average Bonchev–Trinajstić information content (AvgIpc) is 2.96. The highest BCUT2D eigenvalue weighted by atomic mass is 32.1. The third kappa shape index (κ3) is 4.51. The zero-order valence-electron chi connectivity index (χ0n) is 11.7. The number of nitro benzene ring substituents is 1. The summed E-state index contributed by atoms with van der Waals surface area (Å²) in [5.41, 5.74) is 1.57. The van der Waals surface area contributed by atoms with Crippen molar-refractivity contribution in [1.82, 2.24) is 4.98 Å². The lowest BCUT2D eigenvalue weighted by molar-refractivity contribution is -0.384. The van der Waals surface area contributed by atoms with Crippen LogP contribution in [0.15, 0.2) is 29.6 Å². The average molecular weight is 307 g/mol. The largest absolute Gasteiger partial charge is 0.382 e. The fourth-order valence-electron chi connectivity index (χ4n) is 1.78. The lowest BCUT2D eigenvalue weighted by atomic mass is 10.1. The summed E-state index contributed by atoms with van der Waals surface area (Å²) < 4.78 is 5.26. The molecule has 0 unspecified atom stereocenters. The fourth-order valence-corrected chi connectivity index (χ4v) is 2.53. The van der Waals surface area contributed by atoms with Gasteiger partial charge < -0.3 is 10.1 Å². The van der Waals surface area contributed by atoms with Crippen molar-refractivity contribution in [1.29, 1.82) is 0 Å². The molecule has 21 heavy (non-hydrogen) atoms. The standard InChI is InChI=1S/C14H17N3O3S/c1-2-20-8-4-7-15-14-16-13(10-21-14)11-5-3-6-12(9-11)17(18)19/h3,5-6,9-10H,2,4,7-8H2,1H3,(H,15,16). The van der Waals surface area contributed by atoms with Crippen LogP contribution in [0.3, 0.4) is 0 Å². The highest BCUT2D eigenvalue weighted by Gasteiger charge is 2.09. The van der Waals surface area contributed by atoms with Crippen LogP contribution >= 0.6 is 11.3 Å². The molecule has 0 saturated carbocycles. The molecule has 2 aromatic rings. The van der Waals surface area contributed by atoms with Crippen LogP contribution in [0.5, 0.6) is 0 Å². The van der Waals surface area contributed by atoms with E-state index in [2.05, 4.69) is 10.3 Å². The molecule has 0 fully saturated rings. The number of hydrogen-bond acceptors (Lipinski definition) is 6. The summed E-state index contributed by atoms with van der Waals surface area (Å²) in [4.78, 5) is 14.8. The zero-order valence-corrected chi connectivity index (χ0v) is 12.6. The Morgan fingerprint density at radius 3 is 3.10 bits per heavy atom. The van der Waals surface area contributed by atoms with Gasteiger partial charge in [-0.3, -0.25) is 10.1 Å². The number of benzene rings is 1. The zero-order chi connectivity index (χ0) is 15.1. The number of nitro groups is 1. The molecule has 0 aliphatic carbocycles. The van der Waals surface area contributed by atoms with Crippen LogP contribution in [0.1, 0.15) is 13.3 Å². The van der Waals surface area contributed by atoms with Gasteiger partial charge in [-0.25, -0.2) is 4.98 Å². The number of non-ortho nitro benzene ring substituents is 1. The monoisotopic (exact) mass is 307 g/mol. The van der Waals surface area contributed by atoms with Crippen LogP contribution in [0.25, 0.3) is 11.3 Å². The minimum Gasteiger partial charge on any atom is -0.382 e. The summed E-state index contributed by atoms with van der Waals surface area (Å²) in [7, 11) is 0. The van der Waals surface area contributed by atoms with Crippen LogP contribution in [0.2, 0.25) is 0 Å². The minimum absolute atomic E-state index is 0.0757. The Labute approximate surface area is 126 Å². The van der Waals surface area contributed by atoms with Gasteiger partial charge in [-0.05, 0) is 13.3 Å². The van der Waals surface area contributed by atoms with Crippen LogP contribution in [0, 0.1) is 10.1 Å². The molecule has 2 rings (SSSR count). The normalized spacial score (nSPS) is 10.5. The van der Waals surface area contributed by atoms with E-state index in [1.165, 1.54) is 23.5 Å². The maximum Gasteiger partial charge on any atom is 0.270 e. The number of ether oxygens (including phenoxy) is 1. The van der Waals surface area contributed by atoms with Crippen LogP contribution in [-0.4, -0.2) is 29.7 Å². The summed E-state index contributed by atoms with van der Waals surface area (Å²) in [6.07, 6.45) is 0.916. The Morgan fingerprint density at radius 1 is 1.48 bits per heavy atom. The van der Waals surface area contributed by atoms with Gasteiger partial charge in [0.15, 0.2) is 5.13 Å². The SMILES string of the molecule is CCOCCCNc1nc(-c2cccc([N+](=O)[O-])c2)cs1. The molecule has 0 spiro atoms. The van der Waals surface area contributed by atoms with Gasteiger partial charge in [-0.15, -0.1) is 11.3 Å². The van der Waals surface area contributed by atoms with E-state index in [1.54, 1.807) is 6.07 Å². The maximum absolute atomic E-state index is 10.8. The smallest absolute Gasteiger partial charge is 0.270 e. The topological polar surface area (TPSA) is 77.3 Å². The molecular formula is C14H17N3O3S. The number of nitrogens with zero attached hydrogens (tertiary/aromatic N) is 2. The van der Waals surface area contributed by atoms with Crippen molar-refractivity contribution in [3.05, 3.63) is 39.8 Å². The van der Waals surface area contributed by atoms with Crippen molar-refractivity contribution >= 4 is 22.2 Å². The van der Waals surface area contributed by atoms with Crippen molar-refractivity contribution in [3.63, 3.8) is 0 Å². The predicted molar refractivity (Wildman–Crippen MR) is 83.8 cm³/mol. The van der Waals surface area contributed by atoms with Gasteiger partial charge in [0.2, 0.25) is 0 Å². The predicted octanol–water partition coefficient (Wildman–Crippen LogP) is 3.56. The van der Waals surface area contributed by atoms with E-state index in [0.29, 0.717) is 0 Å². The molecule has 0 radical (unpaired) electrons. The summed E-state index contributed by atoms with van der Waals surface area (Å²) in [6.45, 7) is 4.22. The van der Waals surface area contributed by atoms with Gasteiger partial charge in [-0.2, -0.15) is 0 Å². The van der Waals surface area contributed by atoms with Crippen molar-refractivity contribution in [2.45, 2.75) is 13.3 Å². The first-order chi connectivity index (χ1) is 10.2. The fraction of sp³-hybridized carbons (Fsp3) is 0.357. The highest BCUT2D eigenvalue weighted by Crippen LogP contribution is 2.27. The molecule has 1 heterocycles. The van der Waals surface area contributed by atoms with Gasteiger partial charge in [0, 0.05) is 42.8 Å². The molecule has 6 nitrogen and oxygen atoms in total. The first kappa shape index (κ1) is 15.4. The molecule has 7 heteroatoms. The Morgan fingerprint density at radius 2 is 2.33 bits per heavy atom. The van der Waals surface area contributed by atoms with Crippen molar-refractivity contribution in [3.8, 4) is 11.3 Å². The van der Waals surface area contributed by atoms with Crippen LogP contribution < -0.4 is 5.32 Å². The Balaban J connectivity index is 1.96. The third-order valence-electron chi connectivity index (χ3n) is 2.80. The van der Waals surface area contributed by atoms with Gasteiger partial charge in [-0.1, -0.05) is 12.1 Å². The quantitative estimate of drug-likeness (QED) is 0.458. The first-order valence-electron chi connectivity index (χ1n) is 6.72. The molecule has 0 saturated heterocycles. The van der Waals surface area contributed by atoms with Crippen molar-refractivity contribution < 1.29 is 9.66 Å². The number of anilines is 1. The number of nitrogens with one attached hydrogen (secondary N) is 1. The second-order valence-electron chi connectivity index (χ2n) is 4.32. The molecule has 1 aromatic carbocycles. The summed E-state index contributed by atoms with van der Waals surface area (Å²) in [6, 6.07) is 6.50. The minimum atomic E-state index is -0.400. The number of aromatic nitrogens is 1. The molecule has 0 aliphatic rings. The lowest BCUT2D eigenvalue weighted by Crippen LogP contribution is -2.05. The Bertz CT molecular complexity index is 601. The lowest BCUT2D eigenvalue weighted by Gasteiger charge is -2.02. The molecule has 0 aliphatic heterocycles.